The Morgan fingerprint density at radius 2 is 2.12 bits per heavy atom. The van der Waals surface area contributed by atoms with E-state index in [9.17, 15) is 14.4 Å². The lowest BCUT2D eigenvalue weighted by Gasteiger charge is -2.29. The highest BCUT2D eigenvalue weighted by molar-refractivity contribution is 5.99. The molecule has 34 heavy (non-hydrogen) atoms. The second kappa shape index (κ2) is 8.30. The molecule has 0 unspecified atom stereocenters. The molecule has 1 atom stereocenters. The number of rotatable bonds is 0. The maximum absolute atomic E-state index is 14.3. The number of nitrogens with two attached hydrogens (primary N) is 1. The Morgan fingerprint density at radius 1 is 1.29 bits per heavy atom. The predicted octanol–water partition coefficient (Wildman–Crippen LogP) is 2.31. The Morgan fingerprint density at radius 3 is 2.91 bits per heavy atom. The number of carbonyl (C=O) groups is 1. The quantitative estimate of drug-likeness (QED) is 0.522. The Hall–Kier alpha value is -4.20. The van der Waals surface area contributed by atoms with Crippen LogP contribution in [0, 0.1) is 17.1 Å². The first-order valence-electron chi connectivity index (χ1n) is 11.0. The van der Waals surface area contributed by atoms with E-state index in [2.05, 4.69) is 21.5 Å². The highest BCUT2D eigenvalue weighted by Crippen LogP contribution is 2.41. The number of amides is 1. The van der Waals surface area contributed by atoms with Crippen LogP contribution in [-0.2, 0) is 7.05 Å². The van der Waals surface area contributed by atoms with Crippen LogP contribution in [0.25, 0.3) is 11.3 Å². The topological polar surface area (TPSA) is 129 Å². The van der Waals surface area contributed by atoms with Gasteiger partial charge in [-0.25, -0.2) is 14.4 Å². The van der Waals surface area contributed by atoms with E-state index in [1.54, 1.807) is 20.2 Å². The second-order valence-corrected chi connectivity index (χ2v) is 8.51. The molecule has 3 aromatic rings. The van der Waals surface area contributed by atoms with Crippen LogP contribution < -0.4 is 16.0 Å². The van der Waals surface area contributed by atoms with Gasteiger partial charge in [-0.15, -0.1) is 0 Å². The van der Waals surface area contributed by atoms with Gasteiger partial charge in [-0.2, -0.15) is 10.4 Å². The van der Waals surface area contributed by atoms with Crippen LogP contribution in [0.1, 0.15) is 40.6 Å². The van der Waals surface area contributed by atoms with Gasteiger partial charge in [0.05, 0.1) is 23.5 Å². The SMILES string of the molecule is CN1CCNc2ccc(F)cc2[C@H]2CCCN2c2nc(cnc2N)-c2c(nn(C)c2C#N)C1=O. The number of anilines is 3. The fraction of sp³-hybridized carbons (Fsp3) is 0.348. The summed E-state index contributed by atoms with van der Waals surface area (Å²) in [5.74, 6) is -0.00962. The fourth-order valence-electron chi connectivity index (χ4n) is 4.72. The molecule has 10 nitrogen and oxygen atoms in total. The number of aryl methyl sites for hydroxylation is 1. The normalized spacial score (nSPS) is 17.8. The molecule has 1 amide bonds. The molecule has 1 saturated heterocycles. The van der Waals surface area contributed by atoms with E-state index >= 15 is 0 Å². The summed E-state index contributed by atoms with van der Waals surface area (Å²) in [4.78, 5) is 26.0. The minimum absolute atomic E-state index is 0.129. The molecule has 0 radical (unpaired) electrons. The zero-order valence-electron chi connectivity index (χ0n) is 18.9. The van der Waals surface area contributed by atoms with Crippen LogP contribution in [0.4, 0.5) is 21.7 Å². The number of hydrogen-bond donors (Lipinski definition) is 2. The lowest BCUT2D eigenvalue weighted by atomic mass is 10.0. The maximum Gasteiger partial charge on any atom is 0.274 e. The van der Waals surface area contributed by atoms with Gasteiger partial charge in [0.1, 0.15) is 17.6 Å². The molecule has 2 aliphatic heterocycles. The molecule has 2 aliphatic rings. The summed E-state index contributed by atoms with van der Waals surface area (Å²) in [6.45, 7) is 1.49. The lowest BCUT2D eigenvalue weighted by molar-refractivity contribution is 0.0794. The van der Waals surface area contributed by atoms with Gasteiger partial charge in [0, 0.05) is 45.0 Å². The molecule has 4 heterocycles. The van der Waals surface area contributed by atoms with Crippen molar-refractivity contribution in [1.82, 2.24) is 24.6 Å². The number of halogens is 1. The van der Waals surface area contributed by atoms with Crippen molar-refractivity contribution in [3.8, 4) is 17.3 Å². The number of likely N-dealkylation sites (N-methyl/N-ethyl adjacent to an activating group) is 1. The lowest BCUT2D eigenvalue weighted by Crippen LogP contribution is -2.33. The minimum Gasteiger partial charge on any atom is -0.383 e. The summed E-state index contributed by atoms with van der Waals surface area (Å²) in [5.41, 5.74) is 8.85. The van der Waals surface area contributed by atoms with Crippen LogP contribution in [0.15, 0.2) is 24.4 Å². The van der Waals surface area contributed by atoms with Gasteiger partial charge in [0.2, 0.25) is 0 Å². The molecule has 0 aliphatic carbocycles. The van der Waals surface area contributed by atoms with Crippen LogP contribution in [0.2, 0.25) is 0 Å². The van der Waals surface area contributed by atoms with Crippen molar-refractivity contribution < 1.29 is 9.18 Å². The largest absolute Gasteiger partial charge is 0.383 e. The molecule has 11 heteroatoms. The summed E-state index contributed by atoms with van der Waals surface area (Å²) >= 11 is 0. The zero-order chi connectivity index (χ0) is 24.0. The number of nitrogen functional groups attached to an aromatic ring is 1. The number of nitrogens with zero attached hydrogens (tertiary/aromatic N) is 7. The Balaban J connectivity index is 1.74. The van der Waals surface area contributed by atoms with E-state index in [0.717, 1.165) is 24.1 Å². The summed E-state index contributed by atoms with van der Waals surface area (Å²) < 4.78 is 15.7. The molecule has 0 saturated carbocycles. The van der Waals surface area contributed by atoms with Crippen molar-refractivity contribution in [2.75, 3.05) is 42.6 Å². The number of hydrogen-bond acceptors (Lipinski definition) is 8. The van der Waals surface area contributed by atoms with E-state index < -0.39 is 0 Å². The molecule has 2 aromatic heterocycles. The molecule has 174 valence electrons. The van der Waals surface area contributed by atoms with Crippen LogP contribution in [0.5, 0.6) is 0 Å². The molecule has 2 bridgehead atoms. The summed E-state index contributed by atoms with van der Waals surface area (Å²) in [7, 11) is 3.28. The van der Waals surface area contributed by atoms with Crippen LogP contribution in [-0.4, -0.2) is 57.2 Å². The van der Waals surface area contributed by atoms with Gasteiger partial charge >= 0.3 is 0 Å². The third-order valence-electron chi connectivity index (χ3n) is 6.40. The van der Waals surface area contributed by atoms with Crippen molar-refractivity contribution in [3.05, 3.63) is 47.2 Å². The molecular weight excluding hydrogens is 437 g/mol. The van der Waals surface area contributed by atoms with Gasteiger partial charge in [0.15, 0.2) is 17.3 Å². The van der Waals surface area contributed by atoms with Gasteiger partial charge in [-0.3, -0.25) is 9.48 Å². The fourth-order valence-corrected chi connectivity index (χ4v) is 4.72. The Labute approximate surface area is 195 Å². The van der Waals surface area contributed by atoms with E-state index in [0.29, 0.717) is 36.7 Å². The van der Waals surface area contributed by atoms with Crippen LogP contribution >= 0.6 is 0 Å². The zero-order valence-corrected chi connectivity index (χ0v) is 18.9. The second-order valence-electron chi connectivity index (χ2n) is 8.51. The predicted molar refractivity (Wildman–Crippen MR) is 125 cm³/mol. The highest BCUT2D eigenvalue weighted by Gasteiger charge is 2.33. The number of fused-ring (bicyclic) bond motifs is 8. The monoisotopic (exact) mass is 461 g/mol. The third-order valence-corrected chi connectivity index (χ3v) is 6.40. The molecule has 1 fully saturated rings. The molecular formula is C23H24FN9O. The first-order valence-corrected chi connectivity index (χ1v) is 11.0. The van der Waals surface area contributed by atoms with E-state index in [-0.39, 0.29) is 35.0 Å². The molecule has 0 spiro atoms. The van der Waals surface area contributed by atoms with E-state index in [4.69, 9.17) is 10.7 Å². The van der Waals surface area contributed by atoms with Crippen LogP contribution in [0.3, 0.4) is 0 Å². The average Bonchev–Trinajstić information content (AvgIpc) is 3.43. The Kier molecular flexibility index (Phi) is 5.28. The van der Waals surface area contributed by atoms with Gasteiger partial charge in [-0.05, 0) is 31.0 Å². The molecule has 5 rings (SSSR count). The van der Waals surface area contributed by atoms with Crippen molar-refractivity contribution in [2.45, 2.75) is 18.9 Å². The van der Waals surface area contributed by atoms with Gasteiger partial charge < -0.3 is 20.9 Å². The molecule has 3 N–H and O–H groups in total. The van der Waals surface area contributed by atoms with Crippen molar-refractivity contribution in [2.24, 2.45) is 7.05 Å². The molecule has 1 aromatic carbocycles. The number of aromatic nitrogens is 4. The summed E-state index contributed by atoms with van der Waals surface area (Å²) in [6, 6.07) is 6.64. The van der Waals surface area contributed by atoms with E-state index in [1.165, 1.54) is 27.9 Å². The summed E-state index contributed by atoms with van der Waals surface area (Å²) in [5, 5.41) is 17.5. The highest BCUT2D eigenvalue weighted by atomic mass is 19.1. The third kappa shape index (κ3) is 3.48. The van der Waals surface area contributed by atoms with Crippen molar-refractivity contribution in [1.29, 1.82) is 5.26 Å². The first kappa shape index (κ1) is 21.6. The average molecular weight is 462 g/mol. The smallest absolute Gasteiger partial charge is 0.274 e. The Bertz CT molecular complexity index is 1330. The summed E-state index contributed by atoms with van der Waals surface area (Å²) in [6.07, 6.45) is 3.12. The first-order chi connectivity index (χ1) is 16.4. The number of nitriles is 1. The minimum atomic E-state index is -0.343. The maximum atomic E-state index is 14.3. The van der Waals surface area contributed by atoms with E-state index in [1.807, 2.05) is 4.90 Å². The van der Waals surface area contributed by atoms with Gasteiger partial charge in [-0.1, -0.05) is 0 Å². The standard InChI is InChI=1S/C23H24FN9O/c1-31-9-7-27-15-6-5-13(24)10-14(15)17-4-3-8-33(17)22-21(26)28-12-16(29-22)19-18(11-25)32(2)30-20(19)23(31)34/h5-6,10,12,17,27H,3-4,7-9H2,1-2H3,(H2,26,28)/t17-/m1/s1. The van der Waals surface area contributed by atoms with Gasteiger partial charge in [0.25, 0.3) is 5.91 Å². The van der Waals surface area contributed by atoms with Crippen molar-refractivity contribution in [3.63, 3.8) is 0 Å². The van der Waals surface area contributed by atoms with Crippen molar-refractivity contribution >= 4 is 23.2 Å². The number of carbonyl (C=O) groups excluding carboxylic acids is 1. The number of benzene rings is 1. The number of nitrogens with one attached hydrogen (secondary N) is 1.